The predicted octanol–water partition coefficient (Wildman–Crippen LogP) is -0.384. The van der Waals surface area contributed by atoms with Crippen LogP contribution >= 0.6 is 50.5 Å². The number of rotatable bonds is 11. The van der Waals surface area contributed by atoms with Crippen molar-refractivity contribution in [2.24, 2.45) is 0 Å². The van der Waals surface area contributed by atoms with Crippen molar-refractivity contribution >= 4 is 74.4 Å². The molecule has 8 nitrogen and oxygen atoms in total. The molecule has 0 aromatic rings. The first-order valence-electron chi connectivity index (χ1n) is 6.51. The van der Waals surface area contributed by atoms with Crippen LogP contribution in [0.1, 0.15) is 0 Å². The molecule has 0 heterocycles. The highest BCUT2D eigenvalue weighted by atomic mass is 32.1. The Morgan fingerprint density at radius 3 is 1.12 bits per heavy atom. The van der Waals surface area contributed by atoms with E-state index in [-0.39, 0.29) is 23.0 Å². The van der Waals surface area contributed by atoms with E-state index in [4.69, 9.17) is 18.9 Å². The van der Waals surface area contributed by atoms with Crippen molar-refractivity contribution in [2.75, 3.05) is 36.2 Å². The number of thiol groups is 4. The molecular weight excluding hydrogens is 400 g/mol. The van der Waals surface area contributed by atoms with Crippen LogP contribution in [0.5, 0.6) is 0 Å². The van der Waals surface area contributed by atoms with Gasteiger partial charge in [-0.3, -0.25) is 19.2 Å². The molecule has 24 heavy (non-hydrogen) atoms. The standard InChI is InChI=1S/C12H18O8S4/c13-9(3-21)17-1-7(19-11(15)5-23)8(20-12(16)6-24)2-18-10(14)4-22/h7-8,21-24H,1-6H2. The maximum Gasteiger partial charge on any atom is 0.316 e. The third-order valence-corrected chi connectivity index (χ3v) is 3.35. The molecule has 138 valence electrons. The monoisotopic (exact) mass is 418 g/mol. The molecule has 0 aliphatic heterocycles. The van der Waals surface area contributed by atoms with E-state index in [0.29, 0.717) is 0 Å². The van der Waals surface area contributed by atoms with E-state index in [2.05, 4.69) is 50.5 Å². The highest BCUT2D eigenvalue weighted by Crippen LogP contribution is 2.10. The van der Waals surface area contributed by atoms with Gasteiger partial charge in [-0.05, 0) is 0 Å². The van der Waals surface area contributed by atoms with Gasteiger partial charge in [0.1, 0.15) is 13.2 Å². The predicted molar refractivity (Wildman–Crippen MR) is 97.1 cm³/mol. The molecule has 0 saturated heterocycles. The quantitative estimate of drug-likeness (QED) is 0.204. The third kappa shape index (κ3) is 10.2. The SMILES string of the molecule is O=C(CS)OCC(OC(=O)CS)C(COC(=O)CS)OC(=O)CS. The number of esters is 4. The minimum atomic E-state index is -1.19. The number of hydrogen-bond acceptors (Lipinski definition) is 12. The Labute approximate surface area is 160 Å². The lowest BCUT2D eigenvalue weighted by Gasteiger charge is -2.26. The first-order chi connectivity index (χ1) is 11.4. The maximum atomic E-state index is 11.5. The summed E-state index contributed by atoms with van der Waals surface area (Å²) in [6.07, 6.45) is -2.38. The van der Waals surface area contributed by atoms with E-state index in [0.717, 1.165) is 0 Å². The van der Waals surface area contributed by atoms with Gasteiger partial charge in [-0.1, -0.05) is 0 Å². The minimum absolute atomic E-state index is 0.192. The summed E-state index contributed by atoms with van der Waals surface area (Å²) >= 11 is 15.0. The zero-order chi connectivity index (χ0) is 18.5. The van der Waals surface area contributed by atoms with Crippen molar-refractivity contribution in [3.05, 3.63) is 0 Å². The largest absolute Gasteiger partial charge is 0.461 e. The van der Waals surface area contributed by atoms with Crippen LogP contribution in [0, 0.1) is 0 Å². The summed E-state index contributed by atoms with van der Waals surface area (Å²) in [7, 11) is 0. The molecule has 0 fully saturated rings. The lowest BCUT2D eigenvalue weighted by Crippen LogP contribution is -2.43. The third-order valence-electron chi connectivity index (χ3n) is 2.31. The molecule has 0 bridgehead atoms. The Balaban J connectivity index is 5.09. The smallest absolute Gasteiger partial charge is 0.316 e. The lowest BCUT2D eigenvalue weighted by atomic mass is 10.2. The summed E-state index contributed by atoms with van der Waals surface area (Å²) in [4.78, 5) is 45.4. The average molecular weight is 419 g/mol. The van der Waals surface area contributed by atoms with Crippen molar-refractivity contribution in [1.29, 1.82) is 0 Å². The molecule has 0 saturated carbocycles. The molecule has 0 aromatic heterocycles. The Morgan fingerprint density at radius 1 is 0.583 bits per heavy atom. The summed E-state index contributed by atoms with van der Waals surface area (Å²) in [5, 5.41) is 0. The molecule has 0 radical (unpaired) electrons. The maximum absolute atomic E-state index is 11.5. The van der Waals surface area contributed by atoms with Gasteiger partial charge in [0.05, 0.1) is 23.0 Å². The number of hydrogen-bond donors (Lipinski definition) is 4. The lowest BCUT2D eigenvalue weighted by molar-refractivity contribution is -0.179. The van der Waals surface area contributed by atoms with Crippen molar-refractivity contribution in [2.45, 2.75) is 12.2 Å². The first kappa shape index (κ1) is 23.3. The minimum Gasteiger partial charge on any atom is -0.461 e. The van der Waals surface area contributed by atoms with E-state index < -0.39 is 49.3 Å². The van der Waals surface area contributed by atoms with Gasteiger partial charge < -0.3 is 18.9 Å². The second kappa shape index (κ2) is 13.6. The molecular formula is C12H18O8S4. The Morgan fingerprint density at radius 2 is 0.875 bits per heavy atom. The number of carbonyl (C=O) groups excluding carboxylic acids is 4. The van der Waals surface area contributed by atoms with Crippen LogP contribution in [0.3, 0.4) is 0 Å². The van der Waals surface area contributed by atoms with Crippen LogP contribution in [-0.2, 0) is 38.1 Å². The van der Waals surface area contributed by atoms with E-state index in [1.54, 1.807) is 0 Å². The van der Waals surface area contributed by atoms with Crippen LogP contribution in [0.2, 0.25) is 0 Å². The summed E-state index contributed by atoms with van der Waals surface area (Å²) in [6, 6.07) is 0. The van der Waals surface area contributed by atoms with Crippen molar-refractivity contribution in [3.8, 4) is 0 Å². The van der Waals surface area contributed by atoms with Crippen LogP contribution in [0.15, 0.2) is 0 Å². The highest BCUT2D eigenvalue weighted by molar-refractivity contribution is 7.81. The number of carbonyl (C=O) groups is 4. The van der Waals surface area contributed by atoms with Gasteiger partial charge in [0.2, 0.25) is 0 Å². The normalized spacial score (nSPS) is 12.7. The fourth-order valence-corrected chi connectivity index (χ4v) is 1.62. The average Bonchev–Trinajstić information content (AvgIpc) is 2.60. The molecule has 0 rings (SSSR count). The van der Waals surface area contributed by atoms with Crippen LogP contribution in [0.25, 0.3) is 0 Å². The topological polar surface area (TPSA) is 105 Å². The Hall–Kier alpha value is -0.720. The fraction of sp³-hybridized carbons (Fsp3) is 0.667. The summed E-state index contributed by atoms with van der Waals surface area (Å²) in [6.45, 7) is -0.830. The molecule has 0 aliphatic rings. The molecule has 2 unspecified atom stereocenters. The van der Waals surface area contributed by atoms with Crippen molar-refractivity contribution in [3.63, 3.8) is 0 Å². The van der Waals surface area contributed by atoms with Gasteiger partial charge in [-0.2, -0.15) is 50.5 Å². The van der Waals surface area contributed by atoms with Crippen LogP contribution in [-0.4, -0.2) is 72.3 Å². The summed E-state index contributed by atoms with van der Waals surface area (Å²) in [5.74, 6) is -3.70. The molecule has 0 N–H and O–H groups in total. The zero-order valence-corrected chi connectivity index (χ0v) is 16.0. The molecule has 2 atom stereocenters. The van der Waals surface area contributed by atoms with E-state index in [1.807, 2.05) is 0 Å². The second-order valence-electron chi connectivity index (χ2n) is 4.06. The first-order valence-corrected chi connectivity index (χ1v) is 9.04. The fourth-order valence-electron chi connectivity index (χ4n) is 1.29. The summed E-state index contributed by atoms with van der Waals surface area (Å²) < 4.78 is 19.8. The van der Waals surface area contributed by atoms with Gasteiger partial charge in [0.25, 0.3) is 0 Å². The van der Waals surface area contributed by atoms with E-state index in [9.17, 15) is 19.2 Å². The van der Waals surface area contributed by atoms with E-state index >= 15 is 0 Å². The molecule has 0 aliphatic carbocycles. The van der Waals surface area contributed by atoms with Gasteiger partial charge in [0, 0.05) is 0 Å². The Bertz CT molecular complexity index is 405. The zero-order valence-electron chi connectivity index (χ0n) is 12.5. The van der Waals surface area contributed by atoms with E-state index in [1.165, 1.54) is 0 Å². The molecule has 0 aromatic carbocycles. The summed E-state index contributed by atoms with van der Waals surface area (Å²) in [5.41, 5.74) is 0. The van der Waals surface area contributed by atoms with Gasteiger partial charge in [-0.15, -0.1) is 0 Å². The van der Waals surface area contributed by atoms with Gasteiger partial charge >= 0.3 is 23.9 Å². The molecule has 12 heteroatoms. The number of ether oxygens (including phenoxy) is 4. The highest BCUT2D eigenvalue weighted by Gasteiger charge is 2.31. The molecule has 0 amide bonds. The second-order valence-corrected chi connectivity index (χ2v) is 5.32. The molecule has 0 spiro atoms. The van der Waals surface area contributed by atoms with Gasteiger partial charge in [0.15, 0.2) is 12.2 Å². The van der Waals surface area contributed by atoms with Gasteiger partial charge in [-0.25, -0.2) is 0 Å². The van der Waals surface area contributed by atoms with Crippen molar-refractivity contribution < 1.29 is 38.1 Å². The Kier molecular flexibility index (Phi) is 13.2. The van der Waals surface area contributed by atoms with Crippen LogP contribution < -0.4 is 0 Å². The van der Waals surface area contributed by atoms with Crippen LogP contribution in [0.4, 0.5) is 0 Å². The van der Waals surface area contributed by atoms with Crippen molar-refractivity contribution in [1.82, 2.24) is 0 Å².